The average Bonchev–Trinajstić information content (AvgIpc) is 2.80. The monoisotopic (exact) mass is 477 g/mol. The molecule has 1 unspecified atom stereocenters. The number of amides is 1. The van der Waals surface area contributed by atoms with Gasteiger partial charge in [-0.3, -0.25) is 14.2 Å². The Kier molecular flexibility index (Phi) is 6.63. The molecular weight excluding hydrogens is 457 g/mol. The molecule has 0 radical (unpaired) electrons. The number of aromatic nitrogens is 1. The first-order valence-electron chi connectivity index (χ1n) is 10.3. The van der Waals surface area contributed by atoms with Crippen LogP contribution in [0.25, 0.3) is 22.0 Å². The molecule has 0 aliphatic heterocycles. The molecule has 0 saturated carbocycles. The Morgan fingerprint density at radius 2 is 1.79 bits per heavy atom. The number of fused-ring (bicyclic) bond motifs is 1. The highest BCUT2D eigenvalue weighted by molar-refractivity contribution is 6.36. The fourth-order valence-electron chi connectivity index (χ4n) is 3.70. The van der Waals surface area contributed by atoms with E-state index in [0.29, 0.717) is 21.1 Å². The number of carbonyl (C=O) groups excluding carboxylic acids is 1. The number of aryl methyl sites for hydroxylation is 1. The predicted molar refractivity (Wildman–Crippen MR) is 135 cm³/mol. The number of rotatable bonds is 5. The number of halogens is 2. The summed E-state index contributed by atoms with van der Waals surface area (Å²) in [5.74, 6) is -0.423. The quantitative estimate of drug-likeness (QED) is 0.283. The van der Waals surface area contributed by atoms with Crippen molar-refractivity contribution in [3.63, 3.8) is 0 Å². The summed E-state index contributed by atoms with van der Waals surface area (Å²) >= 11 is 12.0. The minimum atomic E-state index is -0.787. The molecule has 1 N–H and O–H groups in total. The highest BCUT2D eigenvalue weighted by atomic mass is 35.5. The number of benzene rings is 3. The Hall–Kier alpha value is -3.41. The van der Waals surface area contributed by atoms with Gasteiger partial charge in [-0.25, -0.2) is 5.43 Å². The summed E-state index contributed by atoms with van der Waals surface area (Å²) in [7, 11) is 0. The second kappa shape index (κ2) is 9.61. The normalized spacial score (nSPS) is 12.2. The fourth-order valence-corrected chi connectivity index (χ4v) is 4.16. The number of hydrogen-bond acceptors (Lipinski definition) is 3. The topological polar surface area (TPSA) is 63.5 Å². The van der Waals surface area contributed by atoms with Crippen molar-refractivity contribution in [2.75, 3.05) is 0 Å². The zero-order valence-corrected chi connectivity index (χ0v) is 19.6. The summed E-state index contributed by atoms with van der Waals surface area (Å²) in [6, 6.07) is 21.3. The molecule has 1 atom stereocenters. The van der Waals surface area contributed by atoms with E-state index < -0.39 is 11.9 Å². The van der Waals surface area contributed by atoms with Crippen molar-refractivity contribution in [1.82, 2.24) is 9.99 Å². The number of pyridine rings is 1. The van der Waals surface area contributed by atoms with Crippen molar-refractivity contribution in [1.29, 1.82) is 0 Å². The van der Waals surface area contributed by atoms with Crippen LogP contribution in [0.2, 0.25) is 10.0 Å². The van der Waals surface area contributed by atoms with Gasteiger partial charge in [-0.15, -0.1) is 0 Å². The lowest BCUT2D eigenvalue weighted by Gasteiger charge is -2.19. The largest absolute Gasteiger partial charge is 0.296 e. The standard InChI is InChI=1S/C26H21Cl2N3O2/c1-16-8-11-24-22(12-16)21(18-6-4-3-5-7-18)14-25(32)31(24)17(2)26(33)30-29-15-19-9-10-20(27)13-23(19)28/h3-15,17H,1-2H3,(H,30,33)/b29-15+. The highest BCUT2D eigenvalue weighted by Gasteiger charge is 2.20. The van der Waals surface area contributed by atoms with Crippen LogP contribution in [0.5, 0.6) is 0 Å². The molecule has 1 amide bonds. The molecule has 33 heavy (non-hydrogen) atoms. The molecule has 0 aliphatic rings. The summed E-state index contributed by atoms with van der Waals surface area (Å²) < 4.78 is 1.49. The predicted octanol–water partition coefficient (Wildman–Crippen LogP) is 6.00. The maximum absolute atomic E-state index is 13.1. The van der Waals surface area contributed by atoms with Crippen molar-refractivity contribution in [3.05, 3.63) is 104 Å². The lowest BCUT2D eigenvalue weighted by molar-refractivity contribution is -0.123. The summed E-state index contributed by atoms with van der Waals surface area (Å²) in [4.78, 5) is 26.0. The van der Waals surface area contributed by atoms with E-state index in [-0.39, 0.29) is 5.56 Å². The van der Waals surface area contributed by atoms with Crippen molar-refractivity contribution in [2.45, 2.75) is 19.9 Å². The molecule has 0 aliphatic carbocycles. The van der Waals surface area contributed by atoms with Crippen LogP contribution >= 0.6 is 23.2 Å². The minimum absolute atomic E-state index is 0.266. The van der Waals surface area contributed by atoms with Crippen LogP contribution < -0.4 is 11.0 Å². The molecule has 0 fully saturated rings. The maximum atomic E-state index is 13.1. The van der Waals surface area contributed by atoms with Crippen LogP contribution in [0, 0.1) is 6.92 Å². The molecule has 166 valence electrons. The third-order valence-corrected chi connectivity index (χ3v) is 5.96. The molecule has 4 aromatic rings. The van der Waals surface area contributed by atoms with Crippen LogP contribution in [0.3, 0.4) is 0 Å². The zero-order chi connectivity index (χ0) is 23.5. The van der Waals surface area contributed by atoms with E-state index in [1.54, 1.807) is 31.2 Å². The molecule has 3 aromatic carbocycles. The van der Waals surface area contributed by atoms with Crippen LogP contribution in [-0.4, -0.2) is 16.7 Å². The van der Waals surface area contributed by atoms with Gasteiger partial charge in [0.1, 0.15) is 6.04 Å². The van der Waals surface area contributed by atoms with Crippen molar-refractivity contribution < 1.29 is 4.79 Å². The molecule has 1 aromatic heterocycles. The molecule has 0 saturated heterocycles. The number of nitrogens with one attached hydrogen (secondary N) is 1. The molecule has 7 heteroatoms. The van der Waals surface area contributed by atoms with E-state index in [4.69, 9.17) is 23.2 Å². The second-order valence-electron chi connectivity index (χ2n) is 7.73. The Labute approximate surface area is 201 Å². The lowest BCUT2D eigenvalue weighted by atomic mass is 9.99. The Bertz CT molecular complexity index is 1430. The highest BCUT2D eigenvalue weighted by Crippen LogP contribution is 2.29. The number of carbonyl (C=O) groups is 1. The number of nitrogens with zero attached hydrogens (tertiary/aromatic N) is 2. The van der Waals surface area contributed by atoms with Gasteiger partial charge in [0.2, 0.25) is 0 Å². The van der Waals surface area contributed by atoms with Gasteiger partial charge in [0.05, 0.1) is 16.8 Å². The third kappa shape index (κ3) is 4.85. The van der Waals surface area contributed by atoms with E-state index >= 15 is 0 Å². The van der Waals surface area contributed by atoms with E-state index in [2.05, 4.69) is 10.5 Å². The van der Waals surface area contributed by atoms with Crippen LogP contribution in [-0.2, 0) is 4.79 Å². The Morgan fingerprint density at radius 1 is 1.03 bits per heavy atom. The first kappa shape index (κ1) is 22.8. The minimum Gasteiger partial charge on any atom is -0.296 e. The second-order valence-corrected chi connectivity index (χ2v) is 8.57. The Balaban J connectivity index is 1.69. The van der Waals surface area contributed by atoms with Crippen molar-refractivity contribution >= 4 is 46.2 Å². The lowest BCUT2D eigenvalue weighted by Crippen LogP contribution is -2.33. The van der Waals surface area contributed by atoms with Gasteiger partial charge in [-0.05, 0) is 49.2 Å². The smallest absolute Gasteiger partial charge is 0.262 e. The van der Waals surface area contributed by atoms with Crippen LogP contribution in [0.15, 0.2) is 82.7 Å². The molecule has 4 rings (SSSR count). The average molecular weight is 478 g/mol. The van der Waals surface area contributed by atoms with E-state index in [0.717, 1.165) is 22.1 Å². The van der Waals surface area contributed by atoms with E-state index in [1.807, 2.05) is 55.5 Å². The first-order chi connectivity index (χ1) is 15.8. The third-order valence-electron chi connectivity index (χ3n) is 5.40. The Morgan fingerprint density at radius 3 is 2.52 bits per heavy atom. The van der Waals surface area contributed by atoms with Gasteiger partial charge in [-0.1, -0.05) is 71.2 Å². The zero-order valence-electron chi connectivity index (χ0n) is 18.0. The van der Waals surface area contributed by atoms with Gasteiger partial charge in [0, 0.05) is 22.0 Å². The van der Waals surface area contributed by atoms with Gasteiger partial charge >= 0.3 is 0 Å². The van der Waals surface area contributed by atoms with Gasteiger partial charge in [0.15, 0.2) is 0 Å². The SMILES string of the molecule is Cc1ccc2c(c1)c(-c1ccccc1)cc(=O)n2C(C)C(=O)N/N=C/c1ccc(Cl)cc1Cl. The number of hydrazone groups is 1. The van der Waals surface area contributed by atoms with E-state index in [9.17, 15) is 9.59 Å². The number of hydrogen-bond donors (Lipinski definition) is 1. The molecule has 0 bridgehead atoms. The molecule has 1 heterocycles. The molecule has 5 nitrogen and oxygen atoms in total. The summed E-state index contributed by atoms with van der Waals surface area (Å²) in [6.45, 7) is 3.67. The van der Waals surface area contributed by atoms with E-state index in [1.165, 1.54) is 10.8 Å². The summed E-state index contributed by atoms with van der Waals surface area (Å²) in [5, 5.41) is 5.83. The maximum Gasteiger partial charge on any atom is 0.262 e. The van der Waals surface area contributed by atoms with Gasteiger partial charge < -0.3 is 0 Å². The van der Waals surface area contributed by atoms with Crippen LogP contribution in [0.4, 0.5) is 0 Å². The first-order valence-corrected chi connectivity index (χ1v) is 11.1. The summed E-state index contributed by atoms with van der Waals surface area (Å²) in [5.41, 5.74) is 6.36. The fraction of sp³-hybridized carbons (Fsp3) is 0.115. The van der Waals surface area contributed by atoms with Crippen molar-refractivity contribution in [3.8, 4) is 11.1 Å². The van der Waals surface area contributed by atoms with Gasteiger partial charge in [0.25, 0.3) is 11.5 Å². The molecule has 0 spiro atoms. The summed E-state index contributed by atoms with van der Waals surface area (Å²) in [6.07, 6.45) is 1.44. The van der Waals surface area contributed by atoms with Crippen molar-refractivity contribution in [2.24, 2.45) is 5.10 Å². The van der Waals surface area contributed by atoms with Gasteiger partial charge in [-0.2, -0.15) is 5.10 Å². The van der Waals surface area contributed by atoms with Crippen LogP contribution in [0.1, 0.15) is 24.1 Å². The molecular formula is C26H21Cl2N3O2.